The third-order valence-corrected chi connectivity index (χ3v) is 5.58. The predicted octanol–water partition coefficient (Wildman–Crippen LogP) is 1.26. The van der Waals surface area contributed by atoms with Gasteiger partial charge < -0.3 is 9.80 Å². The average Bonchev–Trinajstić information content (AvgIpc) is 2.94. The molecule has 6 heteroatoms. The Morgan fingerprint density at radius 2 is 1.91 bits per heavy atom. The maximum absolute atomic E-state index is 12.6. The Morgan fingerprint density at radius 3 is 2.61 bits per heavy atom. The fraction of sp³-hybridized carbons (Fsp3) is 0.647. The summed E-state index contributed by atoms with van der Waals surface area (Å²) < 4.78 is 0. The van der Waals surface area contributed by atoms with E-state index in [1.165, 1.54) is 0 Å². The number of carbonyl (C=O) groups excluding carboxylic acids is 2. The van der Waals surface area contributed by atoms with Crippen molar-refractivity contribution in [2.24, 2.45) is 11.3 Å². The number of aryl methyl sites for hydroxylation is 1. The number of carbonyl (C=O) groups is 2. The molecule has 23 heavy (non-hydrogen) atoms. The molecule has 2 amide bonds. The van der Waals surface area contributed by atoms with Crippen LogP contribution in [-0.2, 0) is 4.79 Å². The van der Waals surface area contributed by atoms with Gasteiger partial charge in [0.15, 0.2) is 0 Å². The van der Waals surface area contributed by atoms with Crippen LogP contribution in [0, 0.1) is 18.3 Å². The van der Waals surface area contributed by atoms with Crippen LogP contribution >= 0.6 is 0 Å². The van der Waals surface area contributed by atoms with Crippen molar-refractivity contribution < 1.29 is 9.59 Å². The van der Waals surface area contributed by atoms with Gasteiger partial charge >= 0.3 is 0 Å². The largest absolute Gasteiger partial charge is 0.342 e. The van der Waals surface area contributed by atoms with E-state index < -0.39 is 0 Å². The lowest BCUT2D eigenvalue weighted by Crippen LogP contribution is -2.33. The molecule has 3 fully saturated rings. The molecule has 0 unspecified atom stereocenters. The summed E-state index contributed by atoms with van der Waals surface area (Å²) in [5.41, 5.74) is 1.24. The van der Waals surface area contributed by atoms with Gasteiger partial charge in [-0.1, -0.05) is 0 Å². The van der Waals surface area contributed by atoms with Crippen molar-refractivity contribution in [3.8, 4) is 0 Å². The molecule has 0 radical (unpaired) electrons. The zero-order valence-corrected chi connectivity index (χ0v) is 13.5. The second kappa shape index (κ2) is 5.28. The Labute approximate surface area is 135 Å². The van der Waals surface area contributed by atoms with E-state index in [4.69, 9.17) is 0 Å². The molecule has 1 saturated carbocycles. The van der Waals surface area contributed by atoms with Crippen molar-refractivity contribution in [2.45, 2.75) is 32.6 Å². The molecular formula is C17H22N4O2. The fourth-order valence-electron chi connectivity index (χ4n) is 4.04. The van der Waals surface area contributed by atoms with Gasteiger partial charge in [0.25, 0.3) is 5.91 Å². The van der Waals surface area contributed by atoms with Gasteiger partial charge in [-0.2, -0.15) is 0 Å². The predicted molar refractivity (Wildman–Crippen MR) is 83.6 cm³/mol. The Bertz CT molecular complexity index is 638. The highest BCUT2D eigenvalue weighted by atomic mass is 16.2. The van der Waals surface area contributed by atoms with E-state index in [1.807, 2.05) is 16.7 Å². The van der Waals surface area contributed by atoms with Crippen LogP contribution in [0.3, 0.4) is 0 Å². The third kappa shape index (κ3) is 2.50. The quantitative estimate of drug-likeness (QED) is 0.824. The van der Waals surface area contributed by atoms with Gasteiger partial charge in [0.05, 0.1) is 11.9 Å². The molecule has 1 aromatic heterocycles. The van der Waals surface area contributed by atoms with Crippen LogP contribution in [0.4, 0.5) is 0 Å². The molecule has 1 aliphatic carbocycles. The standard InChI is InChI=1S/C17H22N4O2/c1-12-9-19-14(10-18-12)16(23)21-7-4-17(11-21)8-13(17)15(22)20-5-2-3-6-20/h9-10,13H,2-8,11H2,1H3/t13-,17-/m1/s1. The number of hydrogen-bond donors (Lipinski definition) is 0. The van der Waals surface area contributed by atoms with Crippen LogP contribution < -0.4 is 0 Å². The monoisotopic (exact) mass is 314 g/mol. The minimum Gasteiger partial charge on any atom is -0.342 e. The lowest BCUT2D eigenvalue weighted by atomic mass is 10.0. The number of nitrogens with zero attached hydrogens (tertiary/aromatic N) is 4. The van der Waals surface area contributed by atoms with Crippen LogP contribution in [0.1, 0.15) is 41.9 Å². The summed E-state index contributed by atoms with van der Waals surface area (Å²) in [7, 11) is 0. The van der Waals surface area contributed by atoms with Crippen molar-refractivity contribution in [3.05, 3.63) is 23.8 Å². The third-order valence-electron chi connectivity index (χ3n) is 5.58. The number of aromatic nitrogens is 2. The maximum Gasteiger partial charge on any atom is 0.274 e. The van der Waals surface area contributed by atoms with E-state index >= 15 is 0 Å². The molecule has 2 saturated heterocycles. The fourth-order valence-corrected chi connectivity index (χ4v) is 4.04. The molecule has 0 bridgehead atoms. The first-order chi connectivity index (χ1) is 11.1. The minimum absolute atomic E-state index is 0.0352. The smallest absolute Gasteiger partial charge is 0.274 e. The molecular weight excluding hydrogens is 292 g/mol. The van der Waals surface area contributed by atoms with Gasteiger partial charge in [-0.05, 0) is 32.6 Å². The first-order valence-electron chi connectivity index (χ1n) is 8.46. The topological polar surface area (TPSA) is 66.4 Å². The van der Waals surface area contributed by atoms with Gasteiger partial charge in [-0.3, -0.25) is 14.6 Å². The Morgan fingerprint density at radius 1 is 1.13 bits per heavy atom. The van der Waals surface area contributed by atoms with Gasteiger partial charge in [-0.15, -0.1) is 0 Å². The second-order valence-corrected chi connectivity index (χ2v) is 7.17. The molecule has 1 spiro atoms. The zero-order chi connectivity index (χ0) is 16.0. The van der Waals surface area contributed by atoms with Crippen molar-refractivity contribution >= 4 is 11.8 Å². The summed E-state index contributed by atoms with van der Waals surface area (Å²) in [5, 5.41) is 0. The summed E-state index contributed by atoms with van der Waals surface area (Å²) >= 11 is 0. The van der Waals surface area contributed by atoms with E-state index in [0.717, 1.165) is 51.0 Å². The molecule has 3 aliphatic rings. The molecule has 2 aliphatic heterocycles. The van der Waals surface area contributed by atoms with E-state index in [2.05, 4.69) is 9.97 Å². The van der Waals surface area contributed by atoms with Gasteiger partial charge in [0.2, 0.25) is 5.91 Å². The van der Waals surface area contributed by atoms with Crippen LogP contribution in [0.2, 0.25) is 0 Å². The van der Waals surface area contributed by atoms with E-state index in [-0.39, 0.29) is 17.2 Å². The highest BCUT2D eigenvalue weighted by Gasteiger charge is 2.62. The zero-order valence-electron chi connectivity index (χ0n) is 13.5. The second-order valence-electron chi connectivity index (χ2n) is 7.17. The highest BCUT2D eigenvalue weighted by molar-refractivity contribution is 5.92. The van der Waals surface area contributed by atoms with E-state index in [9.17, 15) is 9.59 Å². The Kier molecular flexibility index (Phi) is 3.36. The van der Waals surface area contributed by atoms with Crippen molar-refractivity contribution in [2.75, 3.05) is 26.2 Å². The Hall–Kier alpha value is -1.98. The normalized spacial score (nSPS) is 29.3. The maximum atomic E-state index is 12.6. The molecule has 2 atom stereocenters. The lowest BCUT2D eigenvalue weighted by molar-refractivity contribution is -0.132. The number of likely N-dealkylation sites (tertiary alicyclic amines) is 2. The highest BCUT2D eigenvalue weighted by Crippen LogP contribution is 2.59. The van der Waals surface area contributed by atoms with Crippen LogP contribution in [0.15, 0.2) is 12.4 Å². The molecule has 122 valence electrons. The van der Waals surface area contributed by atoms with E-state index in [1.54, 1.807) is 12.4 Å². The van der Waals surface area contributed by atoms with Crippen LogP contribution in [0.5, 0.6) is 0 Å². The first-order valence-corrected chi connectivity index (χ1v) is 8.46. The lowest BCUT2D eigenvalue weighted by Gasteiger charge is -2.18. The summed E-state index contributed by atoms with van der Waals surface area (Å²) in [6, 6.07) is 0. The van der Waals surface area contributed by atoms with Crippen LogP contribution in [-0.4, -0.2) is 57.8 Å². The average molecular weight is 314 g/mol. The van der Waals surface area contributed by atoms with Crippen molar-refractivity contribution in [1.82, 2.24) is 19.8 Å². The Balaban J connectivity index is 1.41. The molecule has 0 aromatic carbocycles. The van der Waals surface area contributed by atoms with Crippen LogP contribution in [0.25, 0.3) is 0 Å². The van der Waals surface area contributed by atoms with Gasteiger partial charge in [0.1, 0.15) is 5.69 Å². The molecule has 1 aromatic rings. The molecule has 0 N–H and O–H groups in total. The molecule has 6 nitrogen and oxygen atoms in total. The first kappa shape index (κ1) is 14.6. The minimum atomic E-state index is -0.0614. The molecule has 3 heterocycles. The van der Waals surface area contributed by atoms with Crippen molar-refractivity contribution in [3.63, 3.8) is 0 Å². The number of amides is 2. The molecule has 4 rings (SSSR count). The van der Waals surface area contributed by atoms with Gasteiger partial charge in [-0.25, -0.2) is 4.98 Å². The number of rotatable bonds is 2. The summed E-state index contributed by atoms with van der Waals surface area (Å²) in [6.07, 6.45) is 7.29. The summed E-state index contributed by atoms with van der Waals surface area (Å²) in [4.78, 5) is 37.3. The van der Waals surface area contributed by atoms with Crippen molar-refractivity contribution in [1.29, 1.82) is 0 Å². The summed E-state index contributed by atoms with van der Waals surface area (Å²) in [5.74, 6) is 0.378. The summed E-state index contributed by atoms with van der Waals surface area (Å²) in [6.45, 7) is 5.08. The van der Waals surface area contributed by atoms with Gasteiger partial charge in [0, 0.05) is 43.7 Å². The number of hydrogen-bond acceptors (Lipinski definition) is 4. The van der Waals surface area contributed by atoms with E-state index in [0.29, 0.717) is 18.1 Å². The SMILES string of the molecule is Cc1cnc(C(=O)N2CC[C@@]3(C[C@@H]3C(=O)N3CCCC3)C2)cn1.